The minimum atomic E-state index is 0.124. The predicted octanol–water partition coefficient (Wildman–Crippen LogP) is 4.71. The summed E-state index contributed by atoms with van der Waals surface area (Å²) in [5.41, 5.74) is 0.758. The van der Waals surface area contributed by atoms with Crippen LogP contribution in [0.2, 0.25) is 0 Å². The minimum absolute atomic E-state index is 0.124. The second-order valence-corrected chi connectivity index (χ2v) is 8.10. The zero-order valence-electron chi connectivity index (χ0n) is 11.0. The number of carbonyl (C=O) groups excluding carboxylic acids is 1. The first-order chi connectivity index (χ1) is 9.65. The quantitative estimate of drug-likeness (QED) is 0.765. The standard InChI is InChI=1S/C15H14BrNOS2/c1-10-2-7-13(20-10)15-17(8-9-19-15)14(18)11-3-5-12(16)6-4-11/h2-7,15H,8-9H2,1H3/t15-/m0/s1. The number of amides is 1. The molecule has 1 aromatic heterocycles. The van der Waals surface area contributed by atoms with Crippen molar-refractivity contribution in [3.05, 3.63) is 56.2 Å². The van der Waals surface area contributed by atoms with Crippen LogP contribution in [0, 0.1) is 6.92 Å². The highest BCUT2D eigenvalue weighted by molar-refractivity contribution is 9.10. The fourth-order valence-electron chi connectivity index (χ4n) is 2.26. The number of hydrogen-bond acceptors (Lipinski definition) is 3. The van der Waals surface area contributed by atoms with Crippen LogP contribution in [-0.4, -0.2) is 23.1 Å². The molecule has 0 aliphatic carbocycles. The molecule has 0 unspecified atom stereocenters. The third-order valence-corrected chi connectivity index (χ3v) is 6.22. The Morgan fingerprint density at radius 2 is 2.00 bits per heavy atom. The van der Waals surface area contributed by atoms with E-state index in [1.807, 2.05) is 40.9 Å². The van der Waals surface area contributed by atoms with E-state index in [0.29, 0.717) is 0 Å². The lowest BCUT2D eigenvalue weighted by atomic mass is 10.2. The third-order valence-electron chi connectivity index (χ3n) is 3.25. The van der Waals surface area contributed by atoms with Crippen LogP contribution in [-0.2, 0) is 0 Å². The predicted molar refractivity (Wildman–Crippen MR) is 89.4 cm³/mol. The molecule has 1 atom stereocenters. The highest BCUT2D eigenvalue weighted by Gasteiger charge is 2.32. The molecule has 1 amide bonds. The van der Waals surface area contributed by atoms with E-state index in [9.17, 15) is 4.79 Å². The first kappa shape index (κ1) is 14.2. The summed E-state index contributed by atoms with van der Waals surface area (Å²) in [6, 6.07) is 11.9. The van der Waals surface area contributed by atoms with Crippen molar-refractivity contribution in [1.29, 1.82) is 0 Å². The molecular weight excluding hydrogens is 354 g/mol. The largest absolute Gasteiger partial charge is 0.321 e. The molecule has 5 heteroatoms. The van der Waals surface area contributed by atoms with Crippen LogP contribution < -0.4 is 0 Å². The van der Waals surface area contributed by atoms with Gasteiger partial charge >= 0.3 is 0 Å². The van der Waals surface area contributed by atoms with Gasteiger partial charge in [-0.2, -0.15) is 0 Å². The van der Waals surface area contributed by atoms with Gasteiger partial charge in [0.2, 0.25) is 0 Å². The van der Waals surface area contributed by atoms with Crippen LogP contribution >= 0.6 is 39.0 Å². The van der Waals surface area contributed by atoms with E-state index in [0.717, 1.165) is 22.3 Å². The number of hydrogen-bond donors (Lipinski definition) is 0. The van der Waals surface area contributed by atoms with Crippen LogP contribution in [0.5, 0.6) is 0 Å². The molecule has 1 aliphatic rings. The molecule has 1 aliphatic heterocycles. The van der Waals surface area contributed by atoms with E-state index in [1.165, 1.54) is 9.75 Å². The maximum absolute atomic E-state index is 12.7. The molecule has 1 fully saturated rings. The lowest BCUT2D eigenvalue weighted by Crippen LogP contribution is -2.30. The number of halogens is 1. The molecule has 2 heterocycles. The Labute approximate surface area is 135 Å². The average Bonchev–Trinajstić information content (AvgIpc) is 3.07. The third kappa shape index (κ3) is 2.80. The number of nitrogens with zero attached hydrogens (tertiary/aromatic N) is 1. The molecule has 2 nitrogen and oxygen atoms in total. The zero-order valence-corrected chi connectivity index (χ0v) is 14.2. The smallest absolute Gasteiger partial charge is 0.255 e. The van der Waals surface area contributed by atoms with Gasteiger partial charge in [-0.25, -0.2) is 0 Å². The molecule has 0 radical (unpaired) electrons. The molecule has 3 rings (SSSR count). The molecular formula is C15H14BrNOS2. The average molecular weight is 368 g/mol. The van der Waals surface area contributed by atoms with Gasteiger partial charge in [-0.3, -0.25) is 4.79 Å². The summed E-state index contributed by atoms with van der Waals surface area (Å²) < 4.78 is 0.996. The SMILES string of the molecule is Cc1ccc([C@@H]2SCCN2C(=O)c2ccc(Br)cc2)s1. The van der Waals surface area contributed by atoms with Crippen molar-refractivity contribution in [2.45, 2.75) is 12.3 Å². The van der Waals surface area contributed by atoms with Crippen LogP contribution in [0.15, 0.2) is 40.9 Å². The Hall–Kier alpha value is -0.780. The van der Waals surface area contributed by atoms with E-state index in [4.69, 9.17) is 0 Å². The highest BCUT2D eigenvalue weighted by Crippen LogP contribution is 2.41. The van der Waals surface area contributed by atoms with Crippen molar-refractivity contribution in [3.63, 3.8) is 0 Å². The van der Waals surface area contributed by atoms with Gasteiger partial charge in [0.15, 0.2) is 0 Å². The van der Waals surface area contributed by atoms with Crippen molar-refractivity contribution < 1.29 is 4.79 Å². The number of thiophene rings is 1. The van der Waals surface area contributed by atoms with Gasteiger partial charge < -0.3 is 4.90 Å². The van der Waals surface area contributed by atoms with Crippen LogP contribution in [0.1, 0.15) is 25.5 Å². The number of benzene rings is 1. The second kappa shape index (κ2) is 5.92. The summed E-state index contributed by atoms with van der Waals surface area (Å²) in [6.07, 6.45) is 0. The van der Waals surface area contributed by atoms with E-state index < -0.39 is 0 Å². The summed E-state index contributed by atoms with van der Waals surface area (Å²) in [5.74, 6) is 1.13. The van der Waals surface area contributed by atoms with Gasteiger partial charge in [0, 0.05) is 32.1 Å². The Morgan fingerprint density at radius 3 is 2.65 bits per heavy atom. The Bertz CT molecular complexity index is 623. The fraction of sp³-hybridized carbons (Fsp3) is 0.267. The molecule has 0 spiro atoms. The Balaban J connectivity index is 1.85. The minimum Gasteiger partial charge on any atom is -0.321 e. The number of rotatable bonds is 2. The van der Waals surface area contributed by atoms with Crippen molar-refractivity contribution >= 4 is 44.9 Å². The summed E-state index contributed by atoms with van der Waals surface area (Å²) >= 11 is 7.03. The topological polar surface area (TPSA) is 20.3 Å². The zero-order chi connectivity index (χ0) is 14.1. The lowest BCUT2D eigenvalue weighted by molar-refractivity contribution is 0.0762. The summed E-state index contributed by atoms with van der Waals surface area (Å²) in [7, 11) is 0. The monoisotopic (exact) mass is 367 g/mol. The van der Waals surface area contributed by atoms with Crippen molar-refractivity contribution in [2.75, 3.05) is 12.3 Å². The van der Waals surface area contributed by atoms with Crippen LogP contribution in [0.4, 0.5) is 0 Å². The van der Waals surface area contributed by atoms with Gasteiger partial charge in [-0.1, -0.05) is 15.9 Å². The Kier molecular flexibility index (Phi) is 4.19. The summed E-state index contributed by atoms with van der Waals surface area (Å²) in [5, 5.41) is 0.171. The highest BCUT2D eigenvalue weighted by atomic mass is 79.9. The first-order valence-corrected chi connectivity index (χ1v) is 9.05. The molecule has 0 saturated carbocycles. The molecule has 1 saturated heterocycles. The van der Waals surface area contributed by atoms with Crippen LogP contribution in [0.3, 0.4) is 0 Å². The molecule has 104 valence electrons. The van der Waals surface area contributed by atoms with Crippen LogP contribution in [0.25, 0.3) is 0 Å². The van der Waals surface area contributed by atoms with Gasteiger partial charge in [0.1, 0.15) is 5.37 Å². The number of carbonyl (C=O) groups is 1. The maximum atomic E-state index is 12.7. The van der Waals surface area contributed by atoms with Crippen molar-refractivity contribution in [2.24, 2.45) is 0 Å². The number of thioether (sulfide) groups is 1. The van der Waals surface area contributed by atoms with E-state index >= 15 is 0 Å². The van der Waals surface area contributed by atoms with E-state index in [2.05, 4.69) is 35.0 Å². The maximum Gasteiger partial charge on any atom is 0.255 e. The molecule has 20 heavy (non-hydrogen) atoms. The van der Waals surface area contributed by atoms with E-state index in [-0.39, 0.29) is 11.3 Å². The van der Waals surface area contributed by atoms with Gasteiger partial charge in [-0.05, 0) is 43.3 Å². The van der Waals surface area contributed by atoms with Crippen molar-refractivity contribution in [1.82, 2.24) is 4.90 Å². The normalized spacial score (nSPS) is 18.5. The molecule has 0 N–H and O–H groups in total. The fourth-order valence-corrected chi connectivity index (χ4v) is 4.89. The summed E-state index contributed by atoms with van der Waals surface area (Å²) in [4.78, 5) is 17.2. The first-order valence-electron chi connectivity index (χ1n) is 6.39. The number of aryl methyl sites for hydroxylation is 1. The molecule has 2 aromatic rings. The summed E-state index contributed by atoms with van der Waals surface area (Å²) in [6.45, 7) is 2.93. The second-order valence-electron chi connectivity index (χ2n) is 4.68. The van der Waals surface area contributed by atoms with Crippen molar-refractivity contribution in [3.8, 4) is 0 Å². The lowest BCUT2D eigenvalue weighted by Gasteiger charge is -2.23. The molecule has 1 aromatic carbocycles. The molecule has 0 bridgehead atoms. The van der Waals surface area contributed by atoms with Gasteiger partial charge in [-0.15, -0.1) is 23.1 Å². The van der Waals surface area contributed by atoms with Gasteiger partial charge in [0.05, 0.1) is 0 Å². The Morgan fingerprint density at radius 1 is 1.25 bits per heavy atom. The van der Waals surface area contributed by atoms with E-state index in [1.54, 1.807) is 11.3 Å². The van der Waals surface area contributed by atoms with Gasteiger partial charge in [0.25, 0.3) is 5.91 Å².